The number of nitrogen functional groups attached to an aromatic ring is 1. The molecule has 5 N–H and O–H groups in total. The van der Waals surface area contributed by atoms with Gasteiger partial charge in [0.2, 0.25) is 10.0 Å². The first-order valence-electron chi connectivity index (χ1n) is 4.97. The van der Waals surface area contributed by atoms with Gasteiger partial charge in [-0.1, -0.05) is 6.07 Å². The van der Waals surface area contributed by atoms with E-state index in [9.17, 15) is 21.6 Å². The number of nitrogens with one attached hydrogen (secondary N) is 1. The fourth-order valence-electron chi connectivity index (χ4n) is 1.30. The van der Waals surface area contributed by atoms with Crippen molar-refractivity contribution in [2.24, 2.45) is 5.14 Å². The third kappa shape index (κ3) is 5.17. The maximum absolute atomic E-state index is 11.9. The third-order valence-corrected chi connectivity index (χ3v) is 3.76. The van der Waals surface area contributed by atoms with Crippen molar-refractivity contribution in [1.82, 2.24) is 0 Å². The first-order chi connectivity index (χ1) is 8.61. The van der Waals surface area contributed by atoms with Gasteiger partial charge in [0.05, 0.1) is 11.4 Å². The quantitative estimate of drug-likeness (QED) is 0.566. The third-order valence-electron chi connectivity index (χ3n) is 2.06. The summed E-state index contributed by atoms with van der Waals surface area (Å²) in [6, 6.07) is 4.08. The highest BCUT2D eigenvalue weighted by Gasteiger charge is 2.27. The van der Waals surface area contributed by atoms with Crippen LogP contribution >= 0.6 is 11.8 Å². The van der Waals surface area contributed by atoms with Gasteiger partial charge in [0, 0.05) is 12.3 Å². The lowest BCUT2D eigenvalue weighted by atomic mass is 10.2. The summed E-state index contributed by atoms with van der Waals surface area (Å²) in [6.07, 6.45) is 0. The summed E-state index contributed by atoms with van der Waals surface area (Å²) >= 11 is -0.178. The molecule has 0 saturated heterocycles. The maximum atomic E-state index is 11.9. The standard InChI is InChI=1S/C9H12F3N3O2S2/c10-9(11,12)18-5-4-15-6-2-1-3-7(8(6)13)19(14,16)17/h1-3,15H,4-5,13H2,(H2,14,16,17). The summed E-state index contributed by atoms with van der Waals surface area (Å²) in [5.74, 6) is -0.220. The molecule has 0 aromatic heterocycles. The number of sulfonamides is 1. The molecule has 0 aliphatic rings. The lowest BCUT2D eigenvalue weighted by molar-refractivity contribution is -0.0327. The second-order valence-electron chi connectivity index (χ2n) is 3.48. The van der Waals surface area contributed by atoms with Crippen LogP contribution < -0.4 is 16.2 Å². The lowest BCUT2D eigenvalue weighted by Crippen LogP contribution is -2.16. The highest BCUT2D eigenvalue weighted by atomic mass is 32.2. The molecule has 1 rings (SSSR count). The van der Waals surface area contributed by atoms with E-state index in [0.717, 1.165) is 0 Å². The molecular formula is C9H12F3N3O2S2. The Bertz CT molecular complexity index is 546. The zero-order chi connectivity index (χ0) is 14.7. The number of halogens is 3. The van der Waals surface area contributed by atoms with E-state index in [4.69, 9.17) is 10.9 Å². The van der Waals surface area contributed by atoms with Gasteiger partial charge in [0.25, 0.3) is 0 Å². The van der Waals surface area contributed by atoms with Crippen LogP contribution in [0.2, 0.25) is 0 Å². The van der Waals surface area contributed by atoms with Crippen molar-refractivity contribution < 1.29 is 21.6 Å². The first kappa shape index (κ1) is 15.9. The molecule has 0 amide bonds. The van der Waals surface area contributed by atoms with E-state index in [-0.39, 0.29) is 40.3 Å². The first-order valence-corrected chi connectivity index (χ1v) is 7.50. The molecule has 0 aliphatic carbocycles. The number of benzene rings is 1. The topological polar surface area (TPSA) is 98.2 Å². The van der Waals surface area contributed by atoms with Gasteiger partial charge in [-0.15, -0.1) is 0 Å². The highest BCUT2D eigenvalue weighted by molar-refractivity contribution is 8.00. The van der Waals surface area contributed by atoms with Crippen LogP contribution in [0.3, 0.4) is 0 Å². The Labute approximate surface area is 112 Å². The second-order valence-corrected chi connectivity index (χ2v) is 6.17. The van der Waals surface area contributed by atoms with Crippen molar-refractivity contribution in [1.29, 1.82) is 0 Å². The molecular weight excluding hydrogens is 303 g/mol. The summed E-state index contributed by atoms with van der Waals surface area (Å²) in [5, 5.41) is 7.58. The summed E-state index contributed by atoms with van der Waals surface area (Å²) in [7, 11) is -3.96. The van der Waals surface area contributed by atoms with Crippen LogP contribution in [-0.4, -0.2) is 26.2 Å². The maximum Gasteiger partial charge on any atom is 0.441 e. The average molecular weight is 315 g/mol. The van der Waals surface area contributed by atoms with E-state index in [2.05, 4.69) is 5.32 Å². The number of alkyl halides is 3. The molecule has 0 saturated carbocycles. The van der Waals surface area contributed by atoms with Gasteiger partial charge < -0.3 is 11.1 Å². The Morgan fingerprint density at radius 1 is 1.32 bits per heavy atom. The number of rotatable bonds is 5. The van der Waals surface area contributed by atoms with Crippen LogP contribution in [0, 0.1) is 0 Å². The molecule has 10 heteroatoms. The Morgan fingerprint density at radius 3 is 2.47 bits per heavy atom. The molecule has 1 aromatic carbocycles. The number of anilines is 2. The van der Waals surface area contributed by atoms with Crippen molar-refractivity contribution in [3.63, 3.8) is 0 Å². The van der Waals surface area contributed by atoms with Gasteiger partial charge in [0.15, 0.2) is 0 Å². The number of thioether (sulfide) groups is 1. The van der Waals surface area contributed by atoms with Crippen LogP contribution in [-0.2, 0) is 10.0 Å². The smallest absolute Gasteiger partial charge is 0.396 e. The van der Waals surface area contributed by atoms with Gasteiger partial charge in [-0.05, 0) is 23.9 Å². The molecule has 0 unspecified atom stereocenters. The van der Waals surface area contributed by atoms with Gasteiger partial charge in [-0.25, -0.2) is 13.6 Å². The van der Waals surface area contributed by atoms with Gasteiger partial charge >= 0.3 is 5.51 Å². The molecule has 0 fully saturated rings. The largest absolute Gasteiger partial charge is 0.441 e. The Balaban J connectivity index is 2.71. The summed E-state index contributed by atoms with van der Waals surface area (Å²) in [6.45, 7) is -0.0115. The van der Waals surface area contributed by atoms with E-state index in [1.165, 1.54) is 18.2 Å². The molecule has 0 spiro atoms. The minimum atomic E-state index is -4.30. The van der Waals surface area contributed by atoms with Crippen molar-refractivity contribution >= 4 is 33.2 Å². The van der Waals surface area contributed by atoms with Gasteiger partial charge in [-0.2, -0.15) is 13.2 Å². The predicted molar refractivity (Wildman–Crippen MR) is 69.2 cm³/mol. The van der Waals surface area contributed by atoms with Crippen molar-refractivity contribution in [3.8, 4) is 0 Å². The van der Waals surface area contributed by atoms with E-state index < -0.39 is 15.5 Å². The molecule has 1 aromatic rings. The Hall–Kier alpha value is -1.13. The second kappa shape index (κ2) is 5.88. The molecule has 0 heterocycles. The fourth-order valence-corrected chi connectivity index (χ4v) is 2.42. The van der Waals surface area contributed by atoms with Crippen LogP contribution in [0.25, 0.3) is 0 Å². The van der Waals surface area contributed by atoms with Crippen molar-refractivity contribution in [3.05, 3.63) is 18.2 Å². The van der Waals surface area contributed by atoms with Crippen LogP contribution in [0.15, 0.2) is 23.1 Å². The highest BCUT2D eigenvalue weighted by Crippen LogP contribution is 2.30. The SMILES string of the molecule is Nc1c(NCCSC(F)(F)F)cccc1S(N)(=O)=O. The number of nitrogens with two attached hydrogens (primary N) is 2. The average Bonchev–Trinajstić information content (AvgIpc) is 2.23. The van der Waals surface area contributed by atoms with E-state index in [1.807, 2.05) is 0 Å². The fraction of sp³-hybridized carbons (Fsp3) is 0.333. The van der Waals surface area contributed by atoms with Gasteiger partial charge in [0.1, 0.15) is 4.90 Å². The molecule has 0 aliphatic heterocycles. The van der Waals surface area contributed by atoms with Crippen LogP contribution in [0.5, 0.6) is 0 Å². The number of hydrogen-bond donors (Lipinski definition) is 3. The van der Waals surface area contributed by atoms with E-state index in [0.29, 0.717) is 0 Å². The zero-order valence-electron chi connectivity index (χ0n) is 9.57. The monoisotopic (exact) mass is 315 g/mol. The number of hydrogen-bond acceptors (Lipinski definition) is 5. The molecule has 19 heavy (non-hydrogen) atoms. The van der Waals surface area contributed by atoms with E-state index >= 15 is 0 Å². The summed E-state index contributed by atoms with van der Waals surface area (Å²) in [4.78, 5) is -0.263. The van der Waals surface area contributed by atoms with Crippen LogP contribution in [0.4, 0.5) is 24.5 Å². The minimum absolute atomic E-state index is 0.0115. The molecule has 0 radical (unpaired) electrons. The van der Waals surface area contributed by atoms with Crippen molar-refractivity contribution in [2.45, 2.75) is 10.4 Å². The predicted octanol–water partition coefficient (Wildman–Crippen LogP) is 1.58. The Morgan fingerprint density at radius 2 is 1.95 bits per heavy atom. The number of para-hydroxylation sites is 1. The minimum Gasteiger partial charge on any atom is -0.396 e. The van der Waals surface area contributed by atoms with E-state index in [1.54, 1.807) is 0 Å². The summed E-state index contributed by atoms with van der Waals surface area (Å²) in [5.41, 5.74) is 1.41. The molecule has 5 nitrogen and oxygen atoms in total. The lowest BCUT2D eigenvalue weighted by Gasteiger charge is -2.12. The Kier molecular flexibility index (Phi) is 4.93. The van der Waals surface area contributed by atoms with Crippen LogP contribution in [0.1, 0.15) is 0 Å². The molecule has 0 bridgehead atoms. The normalized spacial score (nSPS) is 12.4. The zero-order valence-corrected chi connectivity index (χ0v) is 11.2. The number of primary sulfonamides is 1. The van der Waals surface area contributed by atoms with Gasteiger partial charge in [-0.3, -0.25) is 0 Å². The summed E-state index contributed by atoms with van der Waals surface area (Å²) < 4.78 is 58.1. The van der Waals surface area contributed by atoms with Crippen molar-refractivity contribution in [2.75, 3.05) is 23.3 Å². The molecule has 0 atom stereocenters. The molecule has 108 valence electrons.